The lowest BCUT2D eigenvalue weighted by atomic mass is 9.93. The van der Waals surface area contributed by atoms with Crippen molar-refractivity contribution in [3.05, 3.63) is 46.1 Å². The normalized spacial score (nSPS) is 17.6. The number of amides is 1. The van der Waals surface area contributed by atoms with Gasteiger partial charge in [-0.1, -0.05) is 31.7 Å². The molecule has 8 nitrogen and oxygen atoms in total. The summed E-state index contributed by atoms with van der Waals surface area (Å²) in [4.78, 5) is 32.8. The molecule has 0 aromatic heterocycles. The number of amidine groups is 1. The lowest BCUT2D eigenvalue weighted by Crippen LogP contribution is -2.39. The van der Waals surface area contributed by atoms with Gasteiger partial charge >= 0.3 is 5.97 Å². The molecular weight excluding hydrogens is 466 g/mol. The first-order valence-corrected chi connectivity index (χ1v) is 12.5. The standard InChI is InChI=1S/C26H35N3O5S/c1-15(2)13-27-21(30)12-18-14-35-25-28-16(3)22(24(31)34-26(4,5)6)23(29(18)25)17-9-10-19(32-7)20(11-17)33-8/h9-11,14-15,23H,12-13H2,1-8H3,(H,27,30)/t23-/m0/s1. The van der Waals surface area contributed by atoms with Crippen LogP contribution in [-0.4, -0.2) is 48.3 Å². The molecule has 190 valence electrons. The predicted molar refractivity (Wildman–Crippen MR) is 138 cm³/mol. The Labute approximate surface area is 211 Å². The molecule has 1 amide bonds. The summed E-state index contributed by atoms with van der Waals surface area (Å²) in [5.74, 6) is 0.949. The molecule has 1 aromatic carbocycles. The Balaban J connectivity index is 2.07. The highest BCUT2D eigenvalue weighted by molar-refractivity contribution is 8.16. The van der Waals surface area contributed by atoms with Crippen LogP contribution in [0.3, 0.4) is 0 Å². The van der Waals surface area contributed by atoms with E-state index in [1.165, 1.54) is 11.8 Å². The van der Waals surface area contributed by atoms with E-state index in [0.29, 0.717) is 40.4 Å². The van der Waals surface area contributed by atoms with Crippen LogP contribution in [0.15, 0.2) is 45.6 Å². The Morgan fingerprint density at radius 2 is 1.86 bits per heavy atom. The number of allylic oxidation sites excluding steroid dienone is 1. The minimum Gasteiger partial charge on any atom is -0.493 e. The van der Waals surface area contributed by atoms with Crippen LogP contribution in [-0.2, 0) is 14.3 Å². The number of thioether (sulfide) groups is 1. The van der Waals surface area contributed by atoms with Gasteiger partial charge in [-0.3, -0.25) is 4.79 Å². The van der Waals surface area contributed by atoms with E-state index in [1.54, 1.807) is 14.2 Å². The van der Waals surface area contributed by atoms with Crippen LogP contribution in [0.5, 0.6) is 11.5 Å². The Bertz CT molecular complexity index is 1080. The number of rotatable bonds is 8. The zero-order chi connectivity index (χ0) is 25.9. The number of ether oxygens (including phenoxy) is 3. The third-order valence-electron chi connectivity index (χ3n) is 5.39. The molecule has 2 aliphatic heterocycles. The van der Waals surface area contributed by atoms with Gasteiger partial charge in [0.1, 0.15) is 5.60 Å². The number of benzene rings is 1. The van der Waals surface area contributed by atoms with Crippen LogP contribution in [0, 0.1) is 5.92 Å². The van der Waals surface area contributed by atoms with Crippen molar-refractivity contribution in [1.29, 1.82) is 0 Å². The molecule has 1 N–H and O–H groups in total. The van der Waals surface area contributed by atoms with E-state index in [9.17, 15) is 9.59 Å². The van der Waals surface area contributed by atoms with Gasteiger partial charge < -0.3 is 24.4 Å². The summed E-state index contributed by atoms with van der Waals surface area (Å²) >= 11 is 1.44. The number of hydrogen-bond acceptors (Lipinski definition) is 8. The highest BCUT2D eigenvalue weighted by atomic mass is 32.2. The molecule has 2 aliphatic rings. The van der Waals surface area contributed by atoms with Gasteiger partial charge in [-0.15, -0.1) is 0 Å². The molecule has 0 saturated carbocycles. The van der Waals surface area contributed by atoms with E-state index in [-0.39, 0.29) is 12.3 Å². The van der Waals surface area contributed by atoms with E-state index >= 15 is 0 Å². The number of carbonyl (C=O) groups is 2. The van der Waals surface area contributed by atoms with Crippen molar-refractivity contribution < 1.29 is 23.8 Å². The quantitative estimate of drug-likeness (QED) is 0.513. The van der Waals surface area contributed by atoms with Gasteiger partial charge in [0.25, 0.3) is 0 Å². The van der Waals surface area contributed by atoms with Gasteiger partial charge in [0.05, 0.1) is 38.0 Å². The Morgan fingerprint density at radius 3 is 2.46 bits per heavy atom. The topological polar surface area (TPSA) is 89.5 Å². The molecule has 0 unspecified atom stereocenters. The largest absolute Gasteiger partial charge is 0.493 e. The number of methoxy groups -OCH3 is 2. The first kappa shape index (κ1) is 26.7. The average Bonchev–Trinajstić information content (AvgIpc) is 3.16. The first-order chi connectivity index (χ1) is 16.4. The predicted octanol–water partition coefficient (Wildman–Crippen LogP) is 4.78. The molecule has 0 aliphatic carbocycles. The van der Waals surface area contributed by atoms with Gasteiger partial charge in [0, 0.05) is 12.2 Å². The number of nitrogens with zero attached hydrogens (tertiary/aromatic N) is 2. The van der Waals surface area contributed by atoms with Crippen LogP contribution in [0.4, 0.5) is 0 Å². The fourth-order valence-electron chi connectivity index (χ4n) is 3.85. The van der Waals surface area contributed by atoms with Gasteiger partial charge in [-0.2, -0.15) is 0 Å². The summed E-state index contributed by atoms with van der Waals surface area (Å²) in [7, 11) is 3.15. The summed E-state index contributed by atoms with van der Waals surface area (Å²) in [5, 5.41) is 5.60. The van der Waals surface area contributed by atoms with Crippen LogP contribution < -0.4 is 14.8 Å². The van der Waals surface area contributed by atoms with Crippen molar-refractivity contribution in [1.82, 2.24) is 10.2 Å². The maximum atomic E-state index is 13.4. The summed E-state index contributed by atoms with van der Waals surface area (Å²) < 4.78 is 16.7. The van der Waals surface area contributed by atoms with Gasteiger partial charge in [0.2, 0.25) is 5.91 Å². The van der Waals surface area contributed by atoms with E-state index in [2.05, 4.69) is 5.32 Å². The molecule has 3 rings (SSSR count). The molecule has 0 bridgehead atoms. The van der Waals surface area contributed by atoms with Crippen molar-refractivity contribution in [2.75, 3.05) is 20.8 Å². The van der Waals surface area contributed by atoms with E-state index in [1.807, 2.05) is 70.0 Å². The van der Waals surface area contributed by atoms with Crippen molar-refractivity contribution in [3.8, 4) is 11.5 Å². The zero-order valence-electron chi connectivity index (χ0n) is 21.7. The van der Waals surface area contributed by atoms with Crippen molar-refractivity contribution in [2.24, 2.45) is 10.9 Å². The Morgan fingerprint density at radius 1 is 1.17 bits per heavy atom. The molecule has 2 heterocycles. The van der Waals surface area contributed by atoms with Crippen molar-refractivity contribution in [2.45, 2.75) is 59.6 Å². The third-order valence-corrected chi connectivity index (χ3v) is 6.28. The molecule has 0 radical (unpaired) electrons. The van der Waals surface area contributed by atoms with Crippen LogP contribution >= 0.6 is 11.8 Å². The van der Waals surface area contributed by atoms with E-state index in [4.69, 9.17) is 19.2 Å². The average molecular weight is 502 g/mol. The smallest absolute Gasteiger partial charge is 0.338 e. The maximum Gasteiger partial charge on any atom is 0.338 e. The Kier molecular flexibility index (Phi) is 8.20. The monoisotopic (exact) mass is 501 g/mol. The molecule has 1 atom stereocenters. The molecule has 1 aromatic rings. The third kappa shape index (κ3) is 6.20. The minimum absolute atomic E-state index is 0.0806. The van der Waals surface area contributed by atoms with E-state index < -0.39 is 17.6 Å². The highest BCUT2D eigenvalue weighted by Crippen LogP contribution is 2.46. The second kappa shape index (κ2) is 10.8. The summed E-state index contributed by atoms with van der Waals surface area (Å²) in [5.41, 5.74) is 1.89. The van der Waals surface area contributed by atoms with Crippen LogP contribution in [0.1, 0.15) is 59.6 Å². The van der Waals surface area contributed by atoms with Crippen molar-refractivity contribution >= 4 is 28.8 Å². The van der Waals surface area contributed by atoms with Gasteiger partial charge in [-0.05, 0) is 56.7 Å². The van der Waals surface area contributed by atoms with Crippen molar-refractivity contribution in [3.63, 3.8) is 0 Å². The summed E-state index contributed by atoms with van der Waals surface area (Å²) in [6.07, 6.45) is 0.170. The van der Waals surface area contributed by atoms with Crippen LogP contribution in [0.2, 0.25) is 0 Å². The molecule has 35 heavy (non-hydrogen) atoms. The lowest BCUT2D eigenvalue weighted by Gasteiger charge is -2.37. The molecule has 0 fully saturated rings. The number of nitrogens with one attached hydrogen (secondary N) is 1. The number of aliphatic imine (C=N–C) groups is 1. The minimum atomic E-state index is -0.675. The highest BCUT2D eigenvalue weighted by Gasteiger charge is 2.42. The molecule has 0 spiro atoms. The maximum absolute atomic E-state index is 13.4. The summed E-state index contributed by atoms with van der Waals surface area (Å²) in [6, 6.07) is 5.01. The van der Waals surface area contributed by atoms with Crippen LogP contribution in [0.25, 0.3) is 0 Å². The second-order valence-corrected chi connectivity index (χ2v) is 10.7. The lowest BCUT2D eigenvalue weighted by molar-refractivity contribution is -0.150. The fourth-order valence-corrected chi connectivity index (χ4v) is 4.81. The number of esters is 1. The van der Waals surface area contributed by atoms with E-state index in [0.717, 1.165) is 11.3 Å². The SMILES string of the molecule is COc1ccc([C@H]2C(C(=O)OC(C)(C)C)=C(C)N=C3SC=C(CC(=O)NCC(C)C)N32)cc1OC. The Hall–Kier alpha value is -2.94. The molecule has 0 saturated heterocycles. The first-order valence-electron chi connectivity index (χ1n) is 11.6. The number of fused-ring (bicyclic) bond motifs is 1. The fraction of sp³-hybridized carbons (Fsp3) is 0.500. The number of carbonyl (C=O) groups excluding carboxylic acids is 2. The number of hydrogen-bond donors (Lipinski definition) is 1. The van der Waals surface area contributed by atoms with Gasteiger partial charge in [-0.25, -0.2) is 9.79 Å². The zero-order valence-corrected chi connectivity index (χ0v) is 22.5. The molecule has 9 heteroatoms. The molecular formula is C26H35N3O5S. The second-order valence-electron chi connectivity index (χ2n) is 9.88. The van der Waals surface area contributed by atoms with Gasteiger partial charge in [0.15, 0.2) is 16.7 Å². The summed E-state index contributed by atoms with van der Waals surface area (Å²) in [6.45, 7) is 12.0.